The smallest absolute Gasteiger partial charge is 0.103 e. The lowest BCUT2D eigenvalue weighted by Gasteiger charge is -2.16. The summed E-state index contributed by atoms with van der Waals surface area (Å²) in [6.07, 6.45) is -0.662. The first-order chi connectivity index (χ1) is 9.59. The number of aliphatic hydroxyl groups is 1. The second-order valence-corrected chi connectivity index (χ2v) is 5.19. The molecule has 0 saturated carbocycles. The molecule has 1 unspecified atom stereocenters. The van der Waals surface area contributed by atoms with Crippen molar-refractivity contribution in [2.75, 3.05) is 39.6 Å². The molecule has 22 heavy (non-hydrogen) atoms. The van der Waals surface area contributed by atoms with Crippen LogP contribution in [0, 0.1) is 0 Å². The molecule has 0 aromatic heterocycles. The molecule has 4 nitrogen and oxygen atoms in total. The molecule has 2 aromatic carbocycles. The molecule has 0 fully saturated rings. The van der Waals surface area contributed by atoms with Gasteiger partial charge in [0, 0.05) is 17.6 Å². The molecule has 0 radical (unpaired) electrons. The highest BCUT2D eigenvalue weighted by Gasteiger charge is 2.13. The number of fused-ring (bicyclic) bond motifs is 1. The molecule has 0 aliphatic heterocycles. The molecule has 0 amide bonds. The van der Waals surface area contributed by atoms with E-state index in [2.05, 4.69) is 0 Å². The van der Waals surface area contributed by atoms with Crippen LogP contribution in [0.2, 0.25) is 0 Å². The van der Waals surface area contributed by atoms with Crippen LogP contribution in [0.3, 0.4) is 0 Å². The molecular formula is C16H24Cl2N2O2. The Labute approximate surface area is 144 Å². The van der Waals surface area contributed by atoms with Gasteiger partial charge in [0.05, 0.1) is 13.2 Å². The molecule has 3 N–H and O–H groups in total. The highest BCUT2D eigenvalue weighted by Crippen LogP contribution is 2.29. The van der Waals surface area contributed by atoms with E-state index in [0.717, 1.165) is 22.9 Å². The third kappa shape index (κ3) is 5.30. The van der Waals surface area contributed by atoms with Crippen LogP contribution in [-0.2, 0) is 4.74 Å². The first-order valence-corrected chi connectivity index (χ1v) is 6.77. The SMILES string of the molecule is CN(C)CCOCC(O)c1cccc2cccc(N)c12.Cl.Cl. The maximum Gasteiger partial charge on any atom is 0.103 e. The molecule has 0 saturated heterocycles. The van der Waals surface area contributed by atoms with E-state index < -0.39 is 6.10 Å². The Morgan fingerprint density at radius 2 is 1.77 bits per heavy atom. The first kappa shape index (κ1) is 21.0. The number of benzene rings is 2. The molecule has 6 heteroatoms. The minimum atomic E-state index is -0.662. The Balaban J connectivity index is 0.00000220. The molecule has 0 aliphatic rings. The predicted octanol–water partition coefficient (Wildman–Crippen LogP) is 2.88. The number of aliphatic hydroxyl groups excluding tert-OH is 1. The summed E-state index contributed by atoms with van der Waals surface area (Å²) in [6, 6.07) is 11.6. The molecule has 1 atom stereocenters. The molecule has 0 spiro atoms. The maximum absolute atomic E-state index is 10.3. The lowest BCUT2D eigenvalue weighted by molar-refractivity contribution is 0.0313. The molecule has 124 valence electrons. The Hall–Kier alpha value is -1.04. The van der Waals surface area contributed by atoms with Gasteiger partial charge in [-0.3, -0.25) is 0 Å². The lowest BCUT2D eigenvalue weighted by atomic mass is 9.99. The molecule has 0 aliphatic carbocycles. The third-order valence-electron chi connectivity index (χ3n) is 3.29. The number of nitrogens with zero attached hydrogens (tertiary/aromatic N) is 1. The van der Waals surface area contributed by atoms with Crippen LogP contribution in [-0.4, -0.2) is 43.9 Å². The van der Waals surface area contributed by atoms with Gasteiger partial charge in [-0.25, -0.2) is 0 Å². The molecule has 2 aromatic rings. The van der Waals surface area contributed by atoms with Crippen molar-refractivity contribution in [1.29, 1.82) is 0 Å². The van der Waals surface area contributed by atoms with E-state index in [-0.39, 0.29) is 31.4 Å². The van der Waals surface area contributed by atoms with Gasteiger partial charge in [0.15, 0.2) is 0 Å². The normalized spacial score (nSPS) is 11.8. The van der Waals surface area contributed by atoms with Crippen LogP contribution in [0.25, 0.3) is 10.8 Å². The number of likely N-dealkylation sites (N-methyl/N-ethyl adjacent to an activating group) is 1. The summed E-state index contributed by atoms with van der Waals surface area (Å²) in [5, 5.41) is 12.3. The van der Waals surface area contributed by atoms with Crippen molar-refractivity contribution in [3.63, 3.8) is 0 Å². The van der Waals surface area contributed by atoms with E-state index in [1.807, 2.05) is 55.4 Å². The second-order valence-electron chi connectivity index (χ2n) is 5.19. The van der Waals surface area contributed by atoms with Crippen LogP contribution in [0.1, 0.15) is 11.7 Å². The van der Waals surface area contributed by atoms with Crippen molar-refractivity contribution in [1.82, 2.24) is 4.90 Å². The van der Waals surface area contributed by atoms with Crippen molar-refractivity contribution in [3.05, 3.63) is 42.0 Å². The topological polar surface area (TPSA) is 58.7 Å². The minimum absolute atomic E-state index is 0. The maximum atomic E-state index is 10.3. The van der Waals surface area contributed by atoms with E-state index >= 15 is 0 Å². The van der Waals surface area contributed by atoms with Crippen molar-refractivity contribution in [2.45, 2.75) is 6.10 Å². The standard InChI is InChI=1S/C16H22N2O2.2ClH/c1-18(2)9-10-20-11-15(19)13-7-3-5-12-6-4-8-14(17)16(12)13;;/h3-8,15,19H,9-11,17H2,1-2H3;2*1H. The summed E-state index contributed by atoms with van der Waals surface area (Å²) in [4.78, 5) is 2.04. The van der Waals surface area contributed by atoms with E-state index in [4.69, 9.17) is 10.5 Å². The number of anilines is 1. The van der Waals surface area contributed by atoms with Gasteiger partial charge in [-0.2, -0.15) is 0 Å². The van der Waals surface area contributed by atoms with Crippen molar-refractivity contribution in [3.8, 4) is 0 Å². The molecule has 0 heterocycles. The fourth-order valence-electron chi connectivity index (χ4n) is 2.21. The zero-order chi connectivity index (χ0) is 14.5. The van der Waals surface area contributed by atoms with Gasteiger partial charge in [0.2, 0.25) is 0 Å². The average molecular weight is 347 g/mol. The fraction of sp³-hybridized carbons (Fsp3) is 0.375. The minimum Gasteiger partial charge on any atom is -0.398 e. The van der Waals surface area contributed by atoms with E-state index in [1.165, 1.54) is 0 Å². The van der Waals surface area contributed by atoms with Gasteiger partial charge in [-0.1, -0.05) is 30.3 Å². The average Bonchev–Trinajstić information content (AvgIpc) is 2.43. The van der Waals surface area contributed by atoms with E-state index in [1.54, 1.807) is 0 Å². The van der Waals surface area contributed by atoms with Crippen LogP contribution >= 0.6 is 24.8 Å². The van der Waals surface area contributed by atoms with Gasteiger partial charge >= 0.3 is 0 Å². The number of nitrogen functional groups attached to an aromatic ring is 1. The summed E-state index contributed by atoms with van der Waals surface area (Å²) in [5.41, 5.74) is 7.54. The predicted molar refractivity (Wildman–Crippen MR) is 97.2 cm³/mol. The van der Waals surface area contributed by atoms with Gasteiger partial charge in [0.1, 0.15) is 6.10 Å². The largest absolute Gasteiger partial charge is 0.398 e. The van der Waals surface area contributed by atoms with Gasteiger partial charge in [0.25, 0.3) is 0 Å². The van der Waals surface area contributed by atoms with E-state index in [9.17, 15) is 5.11 Å². The number of hydrogen-bond donors (Lipinski definition) is 2. The monoisotopic (exact) mass is 346 g/mol. The summed E-state index contributed by atoms with van der Waals surface area (Å²) in [6.45, 7) is 1.72. The van der Waals surface area contributed by atoms with Crippen LogP contribution in [0.15, 0.2) is 36.4 Å². The molecular weight excluding hydrogens is 323 g/mol. The number of hydrogen-bond acceptors (Lipinski definition) is 4. The third-order valence-corrected chi connectivity index (χ3v) is 3.29. The van der Waals surface area contributed by atoms with Gasteiger partial charge in [-0.15, -0.1) is 24.8 Å². The Morgan fingerprint density at radius 1 is 1.14 bits per heavy atom. The highest BCUT2D eigenvalue weighted by molar-refractivity contribution is 5.95. The summed E-state index contributed by atoms with van der Waals surface area (Å²) < 4.78 is 5.52. The van der Waals surface area contributed by atoms with Crippen molar-refractivity contribution >= 4 is 41.3 Å². The van der Waals surface area contributed by atoms with Crippen LogP contribution < -0.4 is 5.73 Å². The second kappa shape index (κ2) is 9.87. The summed E-state index contributed by atoms with van der Waals surface area (Å²) in [5.74, 6) is 0. The number of nitrogens with two attached hydrogens (primary N) is 1. The molecule has 0 bridgehead atoms. The fourth-order valence-corrected chi connectivity index (χ4v) is 2.21. The van der Waals surface area contributed by atoms with Crippen molar-refractivity contribution in [2.24, 2.45) is 0 Å². The quantitative estimate of drug-likeness (QED) is 0.623. The van der Waals surface area contributed by atoms with E-state index in [0.29, 0.717) is 12.3 Å². The lowest BCUT2D eigenvalue weighted by Crippen LogP contribution is -2.19. The number of rotatable bonds is 6. The number of ether oxygens (including phenoxy) is 1. The Morgan fingerprint density at radius 3 is 2.41 bits per heavy atom. The van der Waals surface area contributed by atoms with Gasteiger partial charge in [-0.05, 0) is 31.1 Å². The number of halogens is 2. The highest BCUT2D eigenvalue weighted by atomic mass is 35.5. The summed E-state index contributed by atoms with van der Waals surface area (Å²) in [7, 11) is 3.98. The Bertz CT molecular complexity index is 574. The zero-order valence-corrected chi connectivity index (χ0v) is 14.5. The van der Waals surface area contributed by atoms with Crippen molar-refractivity contribution < 1.29 is 9.84 Å². The van der Waals surface area contributed by atoms with Crippen LogP contribution in [0.5, 0.6) is 0 Å². The summed E-state index contributed by atoms with van der Waals surface area (Å²) >= 11 is 0. The Kier molecular flexibility index (Phi) is 9.41. The first-order valence-electron chi connectivity index (χ1n) is 6.77. The zero-order valence-electron chi connectivity index (χ0n) is 12.9. The van der Waals surface area contributed by atoms with Crippen LogP contribution in [0.4, 0.5) is 5.69 Å². The molecule has 2 rings (SSSR count). The van der Waals surface area contributed by atoms with Gasteiger partial charge < -0.3 is 20.5 Å².